The SMILES string of the molecule is Cc1ccc(NC(=O)NCc2ccc3c(c2)CN(C2CCC(=O)NC2=O)C3=O)cc1C(N)C(=O)O. The predicted octanol–water partition coefficient (Wildman–Crippen LogP) is 1.16. The number of amides is 5. The lowest BCUT2D eigenvalue weighted by molar-refractivity contribution is -0.139. The summed E-state index contributed by atoms with van der Waals surface area (Å²) in [7, 11) is 0. The molecule has 2 atom stereocenters. The Balaban J connectivity index is 1.38. The van der Waals surface area contributed by atoms with Gasteiger partial charge >= 0.3 is 12.0 Å². The minimum Gasteiger partial charge on any atom is -0.480 e. The zero-order valence-electron chi connectivity index (χ0n) is 19.0. The maximum atomic E-state index is 12.8. The average molecular weight is 479 g/mol. The van der Waals surface area contributed by atoms with Gasteiger partial charge in [-0.1, -0.05) is 18.2 Å². The van der Waals surface area contributed by atoms with Crippen LogP contribution in [0.5, 0.6) is 0 Å². The van der Waals surface area contributed by atoms with Gasteiger partial charge in [0.25, 0.3) is 5.91 Å². The lowest BCUT2D eigenvalue weighted by Gasteiger charge is -2.29. The molecule has 6 N–H and O–H groups in total. The third kappa shape index (κ3) is 4.99. The standard InChI is InChI=1S/C24H25N5O6/c1-12-2-4-15(9-17(12)20(25)23(33)34)27-24(35)26-10-13-3-5-16-14(8-13)11-29(22(16)32)18-6-7-19(30)28-21(18)31/h2-5,8-9,18,20H,6-7,10-11,25H2,1H3,(H,33,34)(H2,26,27,35)(H,28,30,31). The minimum atomic E-state index is -1.20. The number of piperidine rings is 1. The Morgan fingerprint density at radius 3 is 2.69 bits per heavy atom. The quantitative estimate of drug-likeness (QED) is 0.387. The van der Waals surface area contributed by atoms with E-state index in [9.17, 15) is 24.0 Å². The molecule has 2 aromatic rings. The van der Waals surface area contributed by atoms with Gasteiger partial charge < -0.3 is 26.4 Å². The smallest absolute Gasteiger partial charge is 0.325 e. The molecule has 2 aliphatic heterocycles. The van der Waals surface area contributed by atoms with Gasteiger partial charge in [-0.15, -0.1) is 0 Å². The summed E-state index contributed by atoms with van der Waals surface area (Å²) in [4.78, 5) is 61.4. The summed E-state index contributed by atoms with van der Waals surface area (Å²) >= 11 is 0. The Morgan fingerprint density at radius 2 is 1.97 bits per heavy atom. The van der Waals surface area contributed by atoms with E-state index >= 15 is 0 Å². The number of aliphatic carboxylic acids is 1. The maximum Gasteiger partial charge on any atom is 0.325 e. The van der Waals surface area contributed by atoms with Crippen molar-refractivity contribution in [3.05, 3.63) is 64.2 Å². The van der Waals surface area contributed by atoms with Gasteiger partial charge in [0.1, 0.15) is 12.1 Å². The number of carboxylic acid groups (broad SMARTS) is 1. The summed E-state index contributed by atoms with van der Waals surface area (Å²) in [5, 5.41) is 16.8. The van der Waals surface area contributed by atoms with E-state index in [0.717, 1.165) is 11.1 Å². The topological polar surface area (TPSA) is 171 Å². The number of carbonyl (C=O) groups is 5. The zero-order valence-corrected chi connectivity index (χ0v) is 19.0. The summed E-state index contributed by atoms with van der Waals surface area (Å²) in [6.45, 7) is 2.16. The van der Waals surface area contributed by atoms with E-state index in [0.29, 0.717) is 22.4 Å². The number of aryl methyl sites for hydroxylation is 1. The van der Waals surface area contributed by atoms with Crippen LogP contribution in [0.15, 0.2) is 36.4 Å². The highest BCUT2D eigenvalue weighted by Gasteiger charge is 2.39. The summed E-state index contributed by atoms with van der Waals surface area (Å²) < 4.78 is 0. The van der Waals surface area contributed by atoms with Crippen LogP contribution in [0.25, 0.3) is 0 Å². The van der Waals surface area contributed by atoms with Crippen molar-refractivity contribution in [2.24, 2.45) is 5.73 Å². The number of hydrogen-bond acceptors (Lipinski definition) is 6. The van der Waals surface area contributed by atoms with Crippen LogP contribution in [0.1, 0.15) is 51.5 Å². The van der Waals surface area contributed by atoms with Gasteiger partial charge in [0.15, 0.2) is 0 Å². The van der Waals surface area contributed by atoms with Gasteiger partial charge in [-0.3, -0.25) is 24.5 Å². The average Bonchev–Trinajstić information content (AvgIpc) is 3.14. The number of carboxylic acids is 1. The Bertz CT molecular complexity index is 1240. The molecule has 5 amide bonds. The fourth-order valence-corrected chi connectivity index (χ4v) is 4.28. The van der Waals surface area contributed by atoms with Gasteiger partial charge in [-0.2, -0.15) is 0 Å². The molecule has 2 heterocycles. The Morgan fingerprint density at radius 1 is 1.20 bits per heavy atom. The molecule has 11 heteroatoms. The van der Waals surface area contributed by atoms with Crippen LogP contribution in [0, 0.1) is 6.92 Å². The first-order valence-electron chi connectivity index (χ1n) is 11.0. The molecule has 0 saturated carbocycles. The molecule has 35 heavy (non-hydrogen) atoms. The summed E-state index contributed by atoms with van der Waals surface area (Å²) in [5.41, 5.74) is 9.20. The molecule has 1 fully saturated rings. The van der Waals surface area contributed by atoms with E-state index in [1.807, 2.05) is 0 Å². The highest BCUT2D eigenvalue weighted by molar-refractivity contribution is 6.05. The second-order valence-electron chi connectivity index (χ2n) is 8.59. The molecule has 1 saturated heterocycles. The fraction of sp³-hybridized carbons (Fsp3) is 0.292. The second kappa shape index (κ2) is 9.55. The highest BCUT2D eigenvalue weighted by atomic mass is 16.4. The van der Waals surface area contributed by atoms with Crippen LogP contribution in [-0.4, -0.2) is 45.8 Å². The van der Waals surface area contributed by atoms with E-state index in [-0.39, 0.29) is 37.7 Å². The van der Waals surface area contributed by atoms with E-state index in [1.165, 1.54) is 11.0 Å². The van der Waals surface area contributed by atoms with Crippen molar-refractivity contribution in [1.82, 2.24) is 15.5 Å². The first-order chi connectivity index (χ1) is 16.6. The Labute approximate surface area is 200 Å². The van der Waals surface area contributed by atoms with Crippen molar-refractivity contribution in [1.29, 1.82) is 0 Å². The molecule has 2 aromatic carbocycles. The van der Waals surface area contributed by atoms with Crippen LogP contribution in [0.4, 0.5) is 10.5 Å². The Kier molecular flexibility index (Phi) is 6.52. The maximum absolute atomic E-state index is 12.8. The third-order valence-electron chi connectivity index (χ3n) is 6.18. The van der Waals surface area contributed by atoms with Crippen molar-refractivity contribution >= 4 is 35.4 Å². The monoisotopic (exact) mass is 479 g/mol. The summed E-state index contributed by atoms with van der Waals surface area (Å²) in [5.74, 6) is -2.24. The van der Waals surface area contributed by atoms with Crippen LogP contribution in [-0.2, 0) is 27.5 Å². The first kappa shape index (κ1) is 23.9. The van der Waals surface area contributed by atoms with Crippen LogP contribution >= 0.6 is 0 Å². The van der Waals surface area contributed by atoms with E-state index in [1.54, 1.807) is 37.3 Å². The second-order valence-corrected chi connectivity index (χ2v) is 8.59. The Hall–Kier alpha value is -4.25. The molecule has 0 radical (unpaired) electrons. The lowest BCUT2D eigenvalue weighted by Crippen LogP contribution is -2.52. The van der Waals surface area contributed by atoms with Gasteiger partial charge in [0.05, 0.1) is 0 Å². The molecule has 11 nitrogen and oxygen atoms in total. The first-order valence-corrected chi connectivity index (χ1v) is 11.0. The molecular formula is C24H25N5O6. The number of fused-ring (bicyclic) bond motifs is 1. The lowest BCUT2D eigenvalue weighted by atomic mass is 10.0. The largest absolute Gasteiger partial charge is 0.480 e. The molecule has 0 bridgehead atoms. The third-order valence-corrected chi connectivity index (χ3v) is 6.18. The summed E-state index contributed by atoms with van der Waals surface area (Å²) in [6.07, 6.45) is 0.475. The number of urea groups is 1. The van der Waals surface area contributed by atoms with E-state index in [2.05, 4.69) is 16.0 Å². The van der Waals surface area contributed by atoms with Gasteiger partial charge in [0, 0.05) is 30.8 Å². The van der Waals surface area contributed by atoms with Crippen LogP contribution in [0.3, 0.4) is 0 Å². The molecule has 0 aromatic heterocycles. The fourth-order valence-electron chi connectivity index (χ4n) is 4.28. The summed E-state index contributed by atoms with van der Waals surface area (Å²) in [6, 6.07) is 7.66. The van der Waals surface area contributed by atoms with Gasteiger partial charge in [-0.25, -0.2) is 4.79 Å². The highest BCUT2D eigenvalue weighted by Crippen LogP contribution is 2.28. The van der Waals surface area contributed by atoms with Crippen molar-refractivity contribution in [3.8, 4) is 0 Å². The molecule has 4 rings (SSSR count). The van der Waals surface area contributed by atoms with E-state index in [4.69, 9.17) is 10.8 Å². The van der Waals surface area contributed by atoms with Gasteiger partial charge in [0.2, 0.25) is 11.8 Å². The number of nitrogens with one attached hydrogen (secondary N) is 3. The number of nitrogens with zero attached hydrogens (tertiary/aromatic N) is 1. The molecule has 182 valence electrons. The van der Waals surface area contributed by atoms with Crippen molar-refractivity contribution in [2.45, 2.75) is 44.9 Å². The number of anilines is 1. The number of benzene rings is 2. The normalized spacial score (nSPS) is 18.1. The minimum absolute atomic E-state index is 0.180. The van der Waals surface area contributed by atoms with Crippen molar-refractivity contribution < 1.29 is 29.1 Å². The predicted molar refractivity (Wildman–Crippen MR) is 124 cm³/mol. The number of carbonyl (C=O) groups excluding carboxylic acids is 4. The number of hydrogen-bond donors (Lipinski definition) is 5. The molecule has 2 aliphatic rings. The molecular weight excluding hydrogens is 454 g/mol. The van der Waals surface area contributed by atoms with Gasteiger partial charge in [-0.05, 0) is 53.8 Å². The van der Waals surface area contributed by atoms with E-state index < -0.39 is 30.0 Å². The number of imide groups is 1. The zero-order chi connectivity index (χ0) is 25.3. The molecule has 2 unspecified atom stereocenters. The van der Waals surface area contributed by atoms with Crippen LogP contribution in [0.2, 0.25) is 0 Å². The van der Waals surface area contributed by atoms with Crippen molar-refractivity contribution in [3.63, 3.8) is 0 Å². The molecule has 0 spiro atoms. The number of rotatable bonds is 6. The van der Waals surface area contributed by atoms with Crippen molar-refractivity contribution in [2.75, 3.05) is 5.32 Å². The van der Waals surface area contributed by atoms with Crippen LogP contribution < -0.4 is 21.7 Å². The number of nitrogens with two attached hydrogens (primary N) is 1. The molecule has 0 aliphatic carbocycles.